The highest BCUT2D eigenvalue weighted by atomic mass is 35.5. The summed E-state index contributed by atoms with van der Waals surface area (Å²) in [4.78, 5) is 23.8. The van der Waals surface area contributed by atoms with E-state index in [0.717, 1.165) is 17.3 Å². The smallest absolute Gasteiger partial charge is 0.320 e. The Kier molecular flexibility index (Phi) is 8.81. The van der Waals surface area contributed by atoms with Gasteiger partial charge in [0.2, 0.25) is 0 Å². The quantitative estimate of drug-likeness (QED) is 0.352. The van der Waals surface area contributed by atoms with Crippen molar-refractivity contribution in [3.63, 3.8) is 0 Å². The topological polar surface area (TPSA) is 117 Å². The summed E-state index contributed by atoms with van der Waals surface area (Å²) >= 11 is 5.91. The highest BCUT2D eigenvalue weighted by Gasteiger charge is 2.18. The van der Waals surface area contributed by atoms with E-state index in [2.05, 4.69) is 20.3 Å². The Morgan fingerprint density at radius 1 is 1.25 bits per heavy atom. The first-order valence-corrected chi connectivity index (χ1v) is 10.5. The molecule has 0 aliphatic rings. The van der Waals surface area contributed by atoms with Crippen molar-refractivity contribution in [1.29, 1.82) is 0 Å². The van der Waals surface area contributed by atoms with Crippen molar-refractivity contribution in [3.8, 4) is 0 Å². The number of hydrogen-bond acceptors (Lipinski definition) is 7. The first-order valence-electron chi connectivity index (χ1n) is 10.1. The monoisotopic (exact) mass is 462 g/mol. The number of nitrogens with one attached hydrogen (secondary N) is 1. The maximum absolute atomic E-state index is 13.8. The van der Waals surface area contributed by atoms with Crippen LogP contribution < -0.4 is 5.32 Å². The van der Waals surface area contributed by atoms with Crippen LogP contribution in [0.4, 0.5) is 4.39 Å². The number of carboxylic acid groups (broad SMARTS) is 1. The fourth-order valence-corrected chi connectivity index (χ4v) is 3.31. The molecular formula is C22H24ClFN4O4. The summed E-state index contributed by atoms with van der Waals surface area (Å²) in [6.45, 7) is 0.134. The van der Waals surface area contributed by atoms with Gasteiger partial charge in [-0.2, -0.15) is 0 Å². The maximum atomic E-state index is 13.8. The van der Waals surface area contributed by atoms with E-state index in [0.29, 0.717) is 18.5 Å². The van der Waals surface area contributed by atoms with E-state index in [9.17, 15) is 19.4 Å². The van der Waals surface area contributed by atoms with Gasteiger partial charge in [0.05, 0.1) is 23.9 Å². The van der Waals surface area contributed by atoms with Crippen molar-refractivity contribution in [1.82, 2.24) is 20.3 Å². The highest BCUT2D eigenvalue weighted by molar-refractivity contribution is 6.31. The molecule has 0 aliphatic heterocycles. The molecule has 3 rings (SSSR count). The number of hydrogen-bond donors (Lipinski definition) is 3. The third-order valence-corrected chi connectivity index (χ3v) is 5.22. The van der Waals surface area contributed by atoms with Crippen LogP contribution in [-0.2, 0) is 22.5 Å². The zero-order valence-electron chi connectivity index (χ0n) is 17.2. The molecule has 170 valence electrons. The van der Waals surface area contributed by atoms with Crippen LogP contribution in [0.3, 0.4) is 0 Å². The summed E-state index contributed by atoms with van der Waals surface area (Å²) in [6, 6.07) is 6.67. The largest absolute Gasteiger partial charge is 0.480 e. The van der Waals surface area contributed by atoms with Gasteiger partial charge in [-0.25, -0.2) is 14.4 Å². The summed E-state index contributed by atoms with van der Waals surface area (Å²) in [5, 5.41) is 23.3. The minimum Gasteiger partial charge on any atom is -0.480 e. The number of aliphatic hydroxyl groups excluding tert-OH is 1. The van der Waals surface area contributed by atoms with Gasteiger partial charge in [-0.15, -0.1) is 0 Å². The van der Waals surface area contributed by atoms with Gasteiger partial charge >= 0.3 is 5.97 Å². The van der Waals surface area contributed by atoms with Crippen LogP contribution in [0.1, 0.15) is 24.1 Å². The number of pyridine rings is 3. The van der Waals surface area contributed by atoms with Crippen molar-refractivity contribution < 1.29 is 24.1 Å². The third kappa shape index (κ3) is 6.89. The lowest BCUT2D eigenvalue weighted by Crippen LogP contribution is -2.37. The van der Waals surface area contributed by atoms with Gasteiger partial charge in [-0.1, -0.05) is 11.6 Å². The van der Waals surface area contributed by atoms with Gasteiger partial charge in [-0.3, -0.25) is 9.78 Å². The minimum atomic E-state index is -1.09. The second-order valence-electron chi connectivity index (χ2n) is 7.26. The number of carboxylic acids is 1. The Balaban J connectivity index is 1.38. The molecule has 0 radical (unpaired) electrons. The third-order valence-electron chi connectivity index (χ3n) is 4.89. The van der Waals surface area contributed by atoms with Gasteiger partial charge in [0.25, 0.3) is 0 Å². The molecular weight excluding hydrogens is 439 g/mol. The average Bonchev–Trinajstić information content (AvgIpc) is 2.78. The Morgan fingerprint density at radius 3 is 2.88 bits per heavy atom. The van der Waals surface area contributed by atoms with Crippen LogP contribution in [0, 0.1) is 5.82 Å². The van der Waals surface area contributed by atoms with Gasteiger partial charge in [-0.05, 0) is 43.5 Å². The summed E-state index contributed by atoms with van der Waals surface area (Å²) in [5.41, 5.74) is 1.64. The number of nitrogens with zero attached hydrogens (tertiary/aromatic N) is 3. The van der Waals surface area contributed by atoms with Crippen LogP contribution in [0.25, 0.3) is 11.0 Å². The number of carbonyl (C=O) groups is 1. The standard InChI is InChI=1S/C22H24ClFN4O4/c23-18-11-25-12-19(24)17(18)10-27-20(22(30)31)7-9-32-13-16(29)6-5-15-4-3-14-2-1-8-26-21(14)28-15/h1-4,8,11-12,16,20,27,29H,5-7,9-10,13H2,(H,30,31)/t16-,20-/m0/s1. The predicted octanol–water partition coefficient (Wildman–Crippen LogP) is 2.76. The Bertz CT molecular complexity index is 1040. The van der Waals surface area contributed by atoms with Crippen molar-refractivity contribution in [3.05, 3.63) is 65.0 Å². The predicted molar refractivity (Wildman–Crippen MR) is 117 cm³/mol. The number of aromatic nitrogens is 3. The van der Waals surface area contributed by atoms with Gasteiger partial charge in [0.15, 0.2) is 5.65 Å². The maximum Gasteiger partial charge on any atom is 0.320 e. The SMILES string of the molecule is O=C(O)[C@H](CCOC[C@@H](O)CCc1ccc2cccnc2n1)NCc1c(F)cncc1Cl. The molecule has 0 fully saturated rings. The highest BCUT2D eigenvalue weighted by Crippen LogP contribution is 2.17. The Hall–Kier alpha value is -2.72. The van der Waals surface area contributed by atoms with Crippen LogP contribution in [0.15, 0.2) is 42.9 Å². The molecule has 2 atom stereocenters. The second kappa shape index (κ2) is 11.8. The average molecular weight is 463 g/mol. The number of halogens is 2. The van der Waals surface area contributed by atoms with Crippen molar-refractivity contribution in [2.75, 3.05) is 13.2 Å². The van der Waals surface area contributed by atoms with Crippen LogP contribution in [0.5, 0.6) is 0 Å². The summed E-state index contributed by atoms with van der Waals surface area (Å²) in [6.07, 6.45) is 4.45. The zero-order valence-corrected chi connectivity index (χ0v) is 18.0. The molecule has 3 N–H and O–H groups in total. The van der Waals surface area contributed by atoms with Crippen molar-refractivity contribution >= 4 is 28.6 Å². The van der Waals surface area contributed by atoms with E-state index in [1.54, 1.807) is 6.20 Å². The van der Waals surface area contributed by atoms with E-state index in [1.807, 2.05) is 24.3 Å². The minimum absolute atomic E-state index is 0.0552. The Labute approximate surface area is 189 Å². The molecule has 0 amide bonds. The van der Waals surface area contributed by atoms with E-state index in [1.165, 1.54) is 6.20 Å². The lowest BCUT2D eigenvalue weighted by Gasteiger charge is -2.16. The molecule has 3 heterocycles. The molecule has 3 aromatic heterocycles. The number of aryl methyl sites for hydroxylation is 1. The van der Waals surface area contributed by atoms with Gasteiger partial charge in [0.1, 0.15) is 11.9 Å². The Morgan fingerprint density at radius 2 is 2.09 bits per heavy atom. The van der Waals surface area contributed by atoms with E-state index in [4.69, 9.17) is 16.3 Å². The van der Waals surface area contributed by atoms with Crippen LogP contribution in [0.2, 0.25) is 5.02 Å². The number of aliphatic hydroxyl groups is 1. The van der Waals surface area contributed by atoms with E-state index < -0.39 is 23.9 Å². The molecule has 0 saturated heterocycles. The molecule has 10 heteroatoms. The molecule has 0 unspecified atom stereocenters. The molecule has 0 spiro atoms. The zero-order chi connectivity index (χ0) is 22.9. The van der Waals surface area contributed by atoms with Crippen LogP contribution >= 0.6 is 11.6 Å². The van der Waals surface area contributed by atoms with Gasteiger partial charge < -0.3 is 20.3 Å². The summed E-state index contributed by atoms with van der Waals surface area (Å²) in [7, 11) is 0. The lowest BCUT2D eigenvalue weighted by atomic mass is 10.1. The summed E-state index contributed by atoms with van der Waals surface area (Å²) < 4.78 is 19.2. The fraction of sp³-hybridized carbons (Fsp3) is 0.364. The normalized spacial score (nSPS) is 13.2. The molecule has 0 bridgehead atoms. The molecule has 32 heavy (non-hydrogen) atoms. The number of rotatable bonds is 12. The number of ether oxygens (including phenoxy) is 1. The molecule has 0 saturated carbocycles. The molecule has 0 aromatic carbocycles. The van der Waals surface area contributed by atoms with Crippen LogP contribution in [-0.4, -0.2) is 56.5 Å². The first kappa shape index (κ1) is 23.9. The van der Waals surface area contributed by atoms with Crippen molar-refractivity contribution in [2.24, 2.45) is 0 Å². The van der Waals surface area contributed by atoms with E-state index in [-0.39, 0.29) is 36.8 Å². The molecule has 0 aliphatic carbocycles. The van der Waals surface area contributed by atoms with E-state index >= 15 is 0 Å². The number of fused-ring (bicyclic) bond motifs is 1. The van der Waals surface area contributed by atoms with Gasteiger partial charge in [0, 0.05) is 42.2 Å². The molecule has 8 nitrogen and oxygen atoms in total. The van der Waals surface area contributed by atoms with Crippen molar-refractivity contribution in [2.45, 2.75) is 38.0 Å². The first-order chi connectivity index (χ1) is 15.4. The lowest BCUT2D eigenvalue weighted by molar-refractivity contribution is -0.140. The molecule has 3 aromatic rings. The fourth-order valence-electron chi connectivity index (χ4n) is 3.09. The number of aliphatic carboxylic acids is 1. The second-order valence-corrected chi connectivity index (χ2v) is 7.67. The summed E-state index contributed by atoms with van der Waals surface area (Å²) in [5.74, 6) is -1.69.